The average molecular weight is 294 g/mol. The maximum atomic E-state index is 5.31. The van der Waals surface area contributed by atoms with Gasteiger partial charge in [-0.1, -0.05) is 34.6 Å². The Bertz CT molecular complexity index is 466. The molecule has 0 saturated heterocycles. The normalized spacial score (nSPS) is 13.4. The van der Waals surface area contributed by atoms with Gasteiger partial charge in [-0.15, -0.1) is 0 Å². The molecule has 0 aliphatic rings. The molecule has 0 spiro atoms. The second kappa shape index (κ2) is 7.07. The molecular weight excluding hydrogens is 264 g/mol. The third-order valence-corrected chi connectivity index (χ3v) is 3.53. The number of hydrogen-bond donors (Lipinski definition) is 2. The molecule has 1 aromatic rings. The molecule has 0 amide bonds. The minimum absolute atomic E-state index is 0.0929. The third kappa shape index (κ3) is 4.56. The Labute approximate surface area is 128 Å². The summed E-state index contributed by atoms with van der Waals surface area (Å²) in [6.07, 6.45) is 0. The smallest absolute Gasteiger partial charge is 0.138 e. The highest BCUT2D eigenvalue weighted by Gasteiger charge is 2.22. The summed E-state index contributed by atoms with van der Waals surface area (Å²) < 4.78 is 5.31. The highest BCUT2D eigenvalue weighted by molar-refractivity contribution is 5.57. The van der Waals surface area contributed by atoms with E-state index in [4.69, 9.17) is 9.72 Å². The molecule has 0 aromatic carbocycles. The van der Waals surface area contributed by atoms with Crippen molar-refractivity contribution >= 4 is 11.6 Å². The van der Waals surface area contributed by atoms with Gasteiger partial charge in [0.1, 0.15) is 17.5 Å². The number of ether oxygens (including phenoxy) is 1. The molecule has 120 valence electrons. The van der Waals surface area contributed by atoms with Crippen LogP contribution in [0.25, 0.3) is 0 Å². The van der Waals surface area contributed by atoms with Crippen LogP contribution in [0.4, 0.5) is 11.6 Å². The van der Waals surface area contributed by atoms with E-state index in [0.717, 1.165) is 23.0 Å². The summed E-state index contributed by atoms with van der Waals surface area (Å²) in [5.74, 6) is 3.04. The van der Waals surface area contributed by atoms with Gasteiger partial charge >= 0.3 is 0 Å². The van der Waals surface area contributed by atoms with Crippen molar-refractivity contribution in [3.8, 4) is 0 Å². The predicted molar refractivity (Wildman–Crippen MR) is 89.1 cm³/mol. The van der Waals surface area contributed by atoms with Crippen LogP contribution in [-0.2, 0) is 10.2 Å². The molecule has 1 atom stereocenters. The van der Waals surface area contributed by atoms with E-state index in [1.807, 2.05) is 14.0 Å². The Morgan fingerprint density at radius 2 is 1.71 bits per heavy atom. The van der Waals surface area contributed by atoms with E-state index >= 15 is 0 Å². The molecule has 1 rings (SSSR count). The van der Waals surface area contributed by atoms with Crippen molar-refractivity contribution in [2.24, 2.45) is 5.92 Å². The zero-order valence-corrected chi connectivity index (χ0v) is 14.7. The van der Waals surface area contributed by atoms with Crippen LogP contribution in [0.15, 0.2) is 0 Å². The molecule has 5 heteroatoms. The van der Waals surface area contributed by atoms with Crippen LogP contribution in [0.2, 0.25) is 0 Å². The first-order valence-electron chi connectivity index (χ1n) is 7.53. The van der Waals surface area contributed by atoms with E-state index in [1.54, 1.807) is 7.11 Å². The number of nitrogens with one attached hydrogen (secondary N) is 2. The van der Waals surface area contributed by atoms with E-state index in [0.29, 0.717) is 12.5 Å². The summed E-state index contributed by atoms with van der Waals surface area (Å²) in [7, 11) is 3.62. The number of nitrogens with zero attached hydrogens (tertiary/aromatic N) is 2. The second-order valence-corrected chi connectivity index (χ2v) is 6.82. The first kappa shape index (κ1) is 17.7. The maximum Gasteiger partial charge on any atom is 0.138 e. The number of hydrogen-bond acceptors (Lipinski definition) is 5. The van der Waals surface area contributed by atoms with E-state index in [-0.39, 0.29) is 11.5 Å². The predicted octanol–water partition coefficient (Wildman–Crippen LogP) is 3.21. The number of methoxy groups -OCH3 is 1. The van der Waals surface area contributed by atoms with Gasteiger partial charge < -0.3 is 15.4 Å². The zero-order valence-electron chi connectivity index (χ0n) is 14.7. The van der Waals surface area contributed by atoms with Crippen LogP contribution in [0, 0.1) is 12.8 Å². The van der Waals surface area contributed by atoms with Crippen molar-refractivity contribution in [3.63, 3.8) is 0 Å². The first-order chi connectivity index (χ1) is 9.70. The van der Waals surface area contributed by atoms with Gasteiger partial charge in [-0.2, -0.15) is 0 Å². The van der Waals surface area contributed by atoms with Gasteiger partial charge in [0.05, 0.1) is 12.6 Å². The fraction of sp³-hybridized carbons (Fsp3) is 0.750. The molecule has 21 heavy (non-hydrogen) atoms. The monoisotopic (exact) mass is 294 g/mol. The van der Waals surface area contributed by atoms with Crippen LogP contribution < -0.4 is 10.6 Å². The van der Waals surface area contributed by atoms with Crippen molar-refractivity contribution in [1.82, 2.24) is 9.97 Å². The quantitative estimate of drug-likeness (QED) is 0.843. The van der Waals surface area contributed by atoms with Crippen molar-refractivity contribution in [3.05, 3.63) is 11.4 Å². The third-order valence-electron chi connectivity index (χ3n) is 3.53. The Morgan fingerprint density at radius 3 is 2.14 bits per heavy atom. The Morgan fingerprint density at radius 1 is 1.14 bits per heavy atom. The Balaban J connectivity index is 3.21. The highest BCUT2D eigenvalue weighted by Crippen LogP contribution is 2.27. The van der Waals surface area contributed by atoms with Crippen LogP contribution >= 0.6 is 0 Å². The summed E-state index contributed by atoms with van der Waals surface area (Å²) in [6.45, 7) is 13.4. The first-order valence-corrected chi connectivity index (χ1v) is 7.53. The number of anilines is 2. The largest absolute Gasteiger partial charge is 0.383 e. The summed E-state index contributed by atoms with van der Waals surface area (Å²) >= 11 is 0. The molecular formula is C16H30N4O. The van der Waals surface area contributed by atoms with Gasteiger partial charge in [0.15, 0.2) is 0 Å². The fourth-order valence-corrected chi connectivity index (χ4v) is 1.99. The van der Waals surface area contributed by atoms with Gasteiger partial charge in [0.2, 0.25) is 0 Å². The van der Waals surface area contributed by atoms with Crippen molar-refractivity contribution in [2.75, 3.05) is 31.4 Å². The van der Waals surface area contributed by atoms with Gasteiger partial charge in [0, 0.05) is 25.1 Å². The van der Waals surface area contributed by atoms with Gasteiger partial charge in [0.25, 0.3) is 0 Å². The Kier molecular flexibility index (Phi) is 5.96. The molecule has 1 heterocycles. The van der Waals surface area contributed by atoms with Crippen molar-refractivity contribution < 1.29 is 4.74 Å². The van der Waals surface area contributed by atoms with Gasteiger partial charge in [-0.05, 0) is 12.8 Å². The van der Waals surface area contributed by atoms with Crippen molar-refractivity contribution in [1.29, 1.82) is 0 Å². The number of rotatable bonds is 6. The lowest BCUT2D eigenvalue weighted by Gasteiger charge is -2.26. The fourth-order valence-electron chi connectivity index (χ4n) is 1.99. The molecule has 5 nitrogen and oxygen atoms in total. The molecule has 1 unspecified atom stereocenters. The van der Waals surface area contributed by atoms with Crippen LogP contribution in [0.3, 0.4) is 0 Å². The van der Waals surface area contributed by atoms with Gasteiger partial charge in [-0.3, -0.25) is 0 Å². The summed E-state index contributed by atoms with van der Waals surface area (Å²) in [4.78, 5) is 9.37. The van der Waals surface area contributed by atoms with Crippen LogP contribution in [0.5, 0.6) is 0 Å². The molecule has 2 N–H and O–H groups in total. The average Bonchev–Trinajstić information content (AvgIpc) is 2.38. The minimum atomic E-state index is -0.0929. The van der Waals surface area contributed by atoms with Crippen molar-refractivity contribution in [2.45, 2.75) is 53.0 Å². The molecule has 0 aliphatic carbocycles. The molecule has 0 radical (unpaired) electrons. The summed E-state index contributed by atoms with van der Waals surface area (Å²) in [5, 5.41) is 6.68. The van der Waals surface area contributed by atoms with E-state index < -0.39 is 0 Å². The van der Waals surface area contributed by atoms with Crippen LogP contribution in [0.1, 0.15) is 46.0 Å². The molecule has 0 bridgehead atoms. The van der Waals surface area contributed by atoms with E-state index in [9.17, 15) is 0 Å². The lowest BCUT2D eigenvalue weighted by molar-refractivity contribution is 0.171. The molecule has 0 saturated carbocycles. The minimum Gasteiger partial charge on any atom is -0.383 e. The zero-order chi connectivity index (χ0) is 16.2. The molecule has 0 aliphatic heterocycles. The summed E-state index contributed by atoms with van der Waals surface area (Å²) in [5.41, 5.74) is 0.942. The summed E-state index contributed by atoms with van der Waals surface area (Å²) in [6, 6.07) is 0.223. The second-order valence-electron chi connectivity index (χ2n) is 6.82. The van der Waals surface area contributed by atoms with E-state index in [1.165, 1.54) is 0 Å². The lowest BCUT2D eigenvalue weighted by atomic mass is 9.95. The van der Waals surface area contributed by atoms with E-state index in [2.05, 4.69) is 50.2 Å². The standard InChI is InChI=1S/C16H30N4O/c1-10(2)12(9-21-8)18-14-11(3)13(17-7)19-15(20-14)16(4,5)6/h10,12H,9H2,1-8H3,(H2,17,18,19,20). The Hall–Kier alpha value is -1.36. The highest BCUT2D eigenvalue weighted by atomic mass is 16.5. The maximum absolute atomic E-state index is 5.31. The molecule has 1 aromatic heterocycles. The SMILES string of the molecule is CNc1nc(C(C)(C)C)nc(NC(COC)C(C)C)c1C. The topological polar surface area (TPSA) is 59.1 Å². The molecule has 0 fully saturated rings. The van der Waals surface area contributed by atoms with Crippen LogP contribution in [-0.4, -0.2) is 36.8 Å². The lowest BCUT2D eigenvalue weighted by Crippen LogP contribution is -2.32. The number of aromatic nitrogens is 2. The van der Waals surface area contributed by atoms with Gasteiger partial charge in [-0.25, -0.2) is 9.97 Å².